The lowest BCUT2D eigenvalue weighted by atomic mass is 10.1. The van der Waals surface area contributed by atoms with Gasteiger partial charge in [0.25, 0.3) is 0 Å². The molecular weight excluding hydrogens is 292 g/mol. The van der Waals surface area contributed by atoms with Crippen LogP contribution in [0.2, 0.25) is 0 Å². The molecule has 0 aliphatic carbocycles. The number of β-amino-alcohol motifs (C(OH)–C–C–N with tert-alkyl or cyclic N) is 1. The van der Waals surface area contributed by atoms with Crippen molar-refractivity contribution in [3.8, 4) is 0 Å². The molecule has 21 heavy (non-hydrogen) atoms. The molecule has 0 spiro atoms. The van der Waals surface area contributed by atoms with Crippen LogP contribution in [0.25, 0.3) is 0 Å². The molecule has 6 heteroatoms. The van der Waals surface area contributed by atoms with Crippen LogP contribution in [0.3, 0.4) is 0 Å². The molecule has 2 atom stereocenters. The van der Waals surface area contributed by atoms with Gasteiger partial charge in [-0.1, -0.05) is 12.1 Å². The van der Waals surface area contributed by atoms with Crippen LogP contribution in [0, 0.1) is 0 Å². The van der Waals surface area contributed by atoms with E-state index in [1.54, 1.807) is 0 Å². The Bertz CT molecular complexity index is 410. The Balaban J connectivity index is 1.82. The molecule has 1 aliphatic heterocycles. The number of nitrogens with one attached hydrogen (secondary N) is 1. The summed E-state index contributed by atoms with van der Waals surface area (Å²) in [5, 5.41) is 22.8. The fourth-order valence-corrected chi connectivity index (χ4v) is 2.36. The second-order valence-electron chi connectivity index (χ2n) is 5.24. The fraction of sp³-hybridized carbons (Fsp3) is 0.600. The van der Waals surface area contributed by atoms with E-state index in [1.165, 1.54) is 0 Å². The molecule has 0 bridgehead atoms. The predicted octanol–water partition coefficient (Wildman–Crippen LogP) is 1.06. The Morgan fingerprint density at radius 1 is 1.19 bits per heavy atom. The average Bonchev–Trinajstić information content (AvgIpc) is 2.54. The number of hydrogen-bond acceptors (Lipinski definition) is 5. The van der Waals surface area contributed by atoms with Crippen LogP contribution in [0.5, 0.6) is 0 Å². The van der Waals surface area contributed by atoms with E-state index in [1.807, 2.05) is 24.3 Å². The van der Waals surface area contributed by atoms with Crippen LogP contribution >= 0.6 is 11.6 Å². The minimum atomic E-state index is -0.557. The second kappa shape index (κ2) is 8.56. The minimum absolute atomic E-state index is 0.212. The summed E-state index contributed by atoms with van der Waals surface area (Å²) >= 11 is 5.54. The van der Waals surface area contributed by atoms with Gasteiger partial charge in [0, 0.05) is 31.9 Å². The molecule has 5 nitrogen and oxygen atoms in total. The van der Waals surface area contributed by atoms with Gasteiger partial charge in [-0.05, 0) is 17.7 Å². The molecule has 1 heterocycles. The fourth-order valence-electron chi connectivity index (χ4n) is 2.25. The first-order chi connectivity index (χ1) is 10.2. The summed E-state index contributed by atoms with van der Waals surface area (Å²) < 4.78 is 5.30. The molecule has 0 radical (unpaired) electrons. The summed E-state index contributed by atoms with van der Waals surface area (Å²) in [6.07, 6.45) is -1.05. The minimum Gasteiger partial charge on any atom is -0.390 e. The van der Waals surface area contributed by atoms with Crippen LogP contribution in [0.4, 0.5) is 5.69 Å². The van der Waals surface area contributed by atoms with E-state index in [-0.39, 0.29) is 5.88 Å². The maximum absolute atomic E-state index is 10.3. The van der Waals surface area contributed by atoms with Gasteiger partial charge in [0.05, 0.1) is 31.3 Å². The first-order valence-corrected chi connectivity index (χ1v) is 7.78. The first-order valence-electron chi connectivity index (χ1n) is 7.25. The van der Waals surface area contributed by atoms with Crippen molar-refractivity contribution in [3.05, 3.63) is 29.8 Å². The van der Waals surface area contributed by atoms with Crippen LogP contribution in [0.1, 0.15) is 11.7 Å². The zero-order chi connectivity index (χ0) is 15.1. The summed E-state index contributed by atoms with van der Waals surface area (Å²) in [7, 11) is 0. The smallest absolute Gasteiger partial charge is 0.0916 e. The number of aliphatic hydroxyl groups is 2. The molecule has 3 N–H and O–H groups in total. The second-order valence-corrected chi connectivity index (χ2v) is 5.55. The van der Waals surface area contributed by atoms with E-state index in [2.05, 4.69) is 10.2 Å². The molecule has 0 saturated carbocycles. The highest BCUT2D eigenvalue weighted by atomic mass is 35.5. The number of ether oxygens (including phenoxy) is 1. The third-order valence-electron chi connectivity index (χ3n) is 3.55. The molecule has 1 aromatic rings. The SMILES string of the molecule is OC(CCl)CNc1ccc(C(O)CN2CCOCC2)cc1. The number of hydrogen-bond donors (Lipinski definition) is 3. The van der Waals surface area contributed by atoms with E-state index in [0.717, 1.165) is 37.6 Å². The average molecular weight is 315 g/mol. The molecule has 1 fully saturated rings. The number of rotatable bonds is 7. The summed E-state index contributed by atoms with van der Waals surface area (Å²) in [6, 6.07) is 7.61. The van der Waals surface area contributed by atoms with Gasteiger partial charge in [-0.25, -0.2) is 0 Å². The van der Waals surface area contributed by atoms with Crippen molar-refractivity contribution in [2.75, 3.05) is 50.6 Å². The van der Waals surface area contributed by atoms with Gasteiger partial charge in [0.1, 0.15) is 0 Å². The molecule has 2 rings (SSSR count). The molecule has 1 aromatic carbocycles. The Hall–Kier alpha value is -0.850. The topological polar surface area (TPSA) is 65.0 Å². The number of nitrogens with zero attached hydrogens (tertiary/aromatic N) is 1. The van der Waals surface area contributed by atoms with Crippen molar-refractivity contribution >= 4 is 17.3 Å². The Kier molecular flexibility index (Phi) is 6.73. The molecule has 1 aliphatic rings. The molecule has 0 aromatic heterocycles. The highest BCUT2D eigenvalue weighted by Crippen LogP contribution is 2.18. The Morgan fingerprint density at radius 2 is 1.86 bits per heavy atom. The van der Waals surface area contributed by atoms with E-state index in [0.29, 0.717) is 13.1 Å². The normalized spacial score (nSPS) is 19.2. The van der Waals surface area contributed by atoms with Gasteiger partial charge in [-0.15, -0.1) is 11.6 Å². The number of morpholine rings is 1. The van der Waals surface area contributed by atoms with E-state index < -0.39 is 12.2 Å². The largest absolute Gasteiger partial charge is 0.390 e. The zero-order valence-corrected chi connectivity index (χ0v) is 12.8. The molecule has 1 saturated heterocycles. The van der Waals surface area contributed by atoms with Gasteiger partial charge in [-0.3, -0.25) is 4.90 Å². The molecule has 118 valence electrons. The van der Waals surface area contributed by atoms with E-state index in [9.17, 15) is 10.2 Å². The van der Waals surface area contributed by atoms with Crippen molar-refractivity contribution < 1.29 is 14.9 Å². The number of anilines is 1. The number of benzene rings is 1. The third-order valence-corrected chi connectivity index (χ3v) is 3.91. The van der Waals surface area contributed by atoms with Crippen LogP contribution in [0.15, 0.2) is 24.3 Å². The van der Waals surface area contributed by atoms with Gasteiger partial charge in [0.2, 0.25) is 0 Å². The van der Waals surface area contributed by atoms with Crippen molar-refractivity contribution in [1.29, 1.82) is 0 Å². The van der Waals surface area contributed by atoms with Crippen LogP contribution in [-0.2, 0) is 4.74 Å². The number of aliphatic hydroxyl groups excluding tert-OH is 2. The van der Waals surface area contributed by atoms with Gasteiger partial charge >= 0.3 is 0 Å². The number of halogens is 1. The predicted molar refractivity (Wildman–Crippen MR) is 83.9 cm³/mol. The number of alkyl halides is 1. The summed E-state index contributed by atoms with van der Waals surface area (Å²) in [5.41, 5.74) is 1.80. The zero-order valence-electron chi connectivity index (χ0n) is 12.0. The van der Waals surface area contributed by atoms with Crippen molar-refractivity contribution in [2.45, 2.75) is 12.2 Å². The summed E-state index contributed by atoms with van der Waals surface area (Å²) in [5.74, 6) is 0.212. The van der Waals surface area contributed by atoms with Crippen LogP contribution in [-0.4, -0.2) is 66.5 Å². The Morgan fingerprint density at radius 3 is 2.48 bits per heavy atom. The lowest BCUT2D eigenvalue weighted by Gasteiger charge is -2.28. The first kappa shape index (κ1) is 16.5. The standard InChI is InChI=1S/C15H23ClN2O3/c16-9-14(19)10-17-13-3-1-12(2-4-13)15(20)11-18-5-7-21-8-6-18/h1-4,14-15,17,19-20H,5-11H2. The van der Waals surface area contributed by atoms with Crippen molar-refractivity contribution in [2.24, 2.45) is 0 Å². The van der Waals surface area contributed by atoms with Gasteiger partial charge < -0.3 is 20.3 Å². The van der Waals surface area contributed by atoms with Crippen molar-refractivity contribution in [1.82, 2.24) is 4.90 Å². The summed E-state index contributed by atoms with van der Waals surface area (Å²) in [6.45, 7) is 4.25. The molecular formula is C15H23ClN2O3. The quantitative estimate of drug-likeness (QED) is 0.657. The maximum Gasteiger partial charge on any atom is 0.0916 e. The molecule has 2 unspecified atom stereocenters. The van der Waals surface area contributed by atoms with Crippen molar-refractivity contribution in [3.63, 3.8) is 0 Å². The van der Waals surface area contributed by atoms with Gasteiger partial charge in [-0.2, -0.15) is 0 Å². The Labute approximate surface area is 130 Å². The lowest BCUT2D eigenvalue weighted by Crippen LogP contribution is -2.38. The van der Waals surface area contributed by atoms with E-state index in [4.69, 9.17) is 16.3 Å². The third kappa shape index (κ3) is 5.45. The summed E-state index contributed by atoms with van der Waals surface area (Å²) in [4.78, 5) is 2.21. The molecule has 0 amide bonds. The highest BCUT2D eigenvalue weighted by molar-refractivity contribution is 6.18. The maximum atomic E-state index is 10.3. The van der Waals surface area contributed by atoms with Crippen LogP contribution < -0.4 is 5.32 Å². The monoisotopic (exact) mass is 314 g/mol. The van der Waals surface area contributed by atoms with Gasteiger partial charge in [0.15, 0.2) is 0 Å². The van der Waals surface area contributed by atoms with E-state index >= 15 is 0 Å². The highest BCUT2D eigenvalue weighted by Gasteiger charge is 2.16. The lowest BCUT2D eigenvalue weighted by molar-refractivity contribution is 0.0143.